The van der Waals surface area contributed by atoms with E-state index in [-0.39, 0.29) is 0 Å². The Bertz CT molecular complexity index is 1810. The van der Waals surface area contributed by atoms with Gasteiger partial charge in [0, 0.05) is 0 Å². The Labute approximate surface area is 219 Å². The van der Waals surface area contributed by atoms with E-state index in [0.29, 0.717) is 0 Å². The van der Waals surface area contributed by atoms with Crippen LogP contribution in [0.4, 0.5) is 0 Å². The van der Waals surface area contributed by atoms with Crippen molar-refractivity contribution in [1.82, 2.24) is 10.5 Å². The summed E-state index contributed by atoms with van der Waals surface area (Å²) in [6.07, 6.45) is -0.863. The van der Waals surface area contributed by atoms with Gasteiger partial charge in [-0.25, -0.2) is 0 Å². The van der Waals surface area contributed by atoms with E-state index in [0.717, 1.165) is 35.1 Å². The predicted octanol–water partition coefficient (Wildman–Crippen LogP) is 3.86. The van der Waals surface area contributed by atoms with Crippen LogP contribution in [0.3, 0.4) is 0 Å². The molecule has 2 aromatic heterocycles. The molecule has 0 saturated heterocycles. The van der Waals surface area contributed by atoms with Crippen molar-refractivity contribution in [3.05, 3.63) is 100 Å². The van der Waals surface area contributed by atoms with E-state index in [1.165, 1.54) is 38.4 Å². The standard InChI is InChI=1S/C29H24IN4O2/c1-18-24-20-12-6-8-14-22(20)33-17-32(16-19-10-4-3-5-11-19)30-34-23-15-9-7-13-21(23)26(28(34)27(24)33)25(18)29(31-35)36-2/h3-15,29H,16-17H2,1-2H3/q-1. The summed E-state index contributed by atoms with van der Waals surface area (Å²) in [5.41, 5.74) is 8.10. The van der Waals surface area contributed by atoms with Crippen LogP contribution in [0.5, 0.6) is 0 Å². The molecule has 3 heterocycles. The molecule has 0 N–H and O–H groups in total. The maximum absolute atomic E-state index is 12.0. The van der Waals surface area contributed by atoms with E-state index in [9.17, 15) is 4.91 Å². The molecular formula is C29H24IN4O2-. The second-order valence-electron chi connectivity index (χ2n) is 9.25. The van der Waals surface area contributed by atoms with Gasteiger partial charge in [-0.15, -0.1) is 0 Å². The molecule has 4 aromatic carbocycles. The van der Waals surface area contributed by atoms with Crippen LogP contribution in [0.15, 0.2) is 84.0 Å². The number of benzene rings is 4. The summed E-state index contributed by atoms with van der Waals surface area (Å²) in [6, 6.07) is 27.9. The Morgan fingerprint density at radius 3 is 2.28 bits per heavy atom. The molecule has 7 heteroatoms. The number of fused-ring (bicyclic) bond motifs is 6. The Kier molecular flexibility index (Phi) is 5.13. The monoisotopic (exact) mass is 587 g/mol. The summed E-state index contributed by atoms with van der Waals surface area (Å²) in [5.74, 6) is 0. The van der Waals surface area contributed by atoms with E-state index < -0.39 is 28.0 Å². The third-order valence-electron chi connectivity index (χ3n) is 7.30. The van der Waals surface area contributed by atoms with Gasteiger partial charge >= 0.3 is 220 Å². The predicted molar refractivity (Wildman–Crippen MR) is 140 cm³/mol. The number of aromatic nitrogens is 2. The third kappa shape index (κ3) is 3.03. The molecule has 6 aromatic rings. The van der Waals surface area contributed by atoms with Crippen LogP contribution in [-0.2, 0) is 18.0 Å². The summed E-state index contributed by atoms with van der Waals surface area (Å²) in [6.45, 7) is 3.81. The summed E-state index contributed by atoms with van der Waals surface area (Å²) in [5, 5.41) is 8.05. The SMILES string of the molecule is COC(N=O)c1c(C)c2c3ccccc3n3c2c2c1c1ccccc1n2[I-]N(Cc1ccccc1)C3. The van der Waals surface area contributed by atoms with Crippen molar-refractivity contribution in [3.8, 4) is 0 Å². The van der Waals surface area contributed by atoms with Crippen LogP contribution in [0.25, 0.3) is 43.6 Å². The fourth-order valence-electron chi connectivity index (χ4n) is 5.83. The molecule has 1 unspecified atom stereocenters. The summed E-state index contributed by atoms with van der Waals surface area (Å²) in [7, 11) is 1.57. The summed E-state index contributed by atoms with van der Waals surface area (Å²) >= 11 is -0.569. The van der Waals surface area contributed by atoms with Gasteiger partial charge in [0.05, 0.1) is 0 Å². The number of para-hydroxylation sites is 2. The van der Waals surface area contributed by atoms with Crippen molar-refractivity contribution in [2.75, 3.05) is 7.11 Å². The Balaban J connectivity index is 1.66. The number of hydrogen-bond donors (Lipinski definition) is 0. The molecule has 1 aliphatic rings. The van der Waals surface area contributed by atoms with Gasteiger partial charge in [0.1, 0.15) is 0 Å². The molecule has 0 amide bonds. The van der Waals surface area contributed by atoms with Crippen LogP contribution in [0.1, 0.15) is 22.9 Å². The molecule has 7 rings (SSSR count). The first-order valence-electron chi connectivity index (χ1n) is 12.0. The van der Waals surface area contributed by atoms with Gasteiger partial charge in [-0.1, -0.05) is 0 Å². The molecule has 1 aliphatic heterocycles. The van der Waals surface area contributed by atoms with Crippen molar-refractivity contribution in [2.24, 2.45) is 5.18 Å². The zero-order chi connectivity index (χ0) is 24.4. The quantitative estimate of drug-likeness (QED) is 0.175. The topological polar surface area (TPSA) is 51.8 Å². The number of methoxy groups -OCH3 is 1. The second kappa shape index (κ2) is 8.40. The molecule has 0 fully saturated rings. The van der Waals surface area contributed by atoms with Gasteiger partial charge in [0.2, 0.25) is 0 Å². The van der Waals surface area contributed by atoms with E-state index in [1.807, 2.05) is 0 Å². The number of halogens is 1. The molecule has 36 heavy (non-hydrogen) atoms. The Morgan fingerprint density at radius 2 is 1.56 bits per heavy atom. The number of hydrogen-bond acceptors (Lipinski definition) is 4. The van der Waals surface area contributed by atoms with Crippen LogP contribution >= 0.6 is 0 Å². The average Bonchev–Trinajstić information content (AvgIpc) is 3.34. The normalized spacial score (nSPS) is 15.1. The molecule has 180 valence electrons. The summed E-state index contributed by atoms with van der Waals surface area (Å²) in [4.78, 5) is 12.0. The minimum absolute atomic E-state index is 0.569. The molecule has 0 bridgehead atoms. The molecule has 0 radical (unpaired) electrons. The number of ether oxygens (including phenoxy) is 1. The minimum atomic E-state index is -0.863. The van der Waals surface area contributed by atoms with Gasteiger partial charge in [-0.05, 0) is 0 Å². The molecule has 0 aliphatic carbocycles. The molecular weight excluding hydrogens is 563 g/mol. The Hall–Kier alpha value is -3.27. The third-order valence-corrected chi connectivity index (χ3v) is 9.99. The fraction of sp³-hybridized carbons (Fsp3) is 0.172. The van der Waals surface area contributed by atoms with E-state index >= 15 is 0 Å². The van der Waals surface area contributed by atoms with Crippen molar-refractivity contribution >= 4 is 43.6 Å². The van der Waals surface area contributed by atoms with Crippen molar-refractivity contribution in [2.45, 2.75) is 26.4 Å². The van der Waals surface area contributed by atoms with Crippen LogP contribution in [-0.4, -0.2) is 17.6 Å². The number of rotatable bonds is 5. The molecule has 0 spiro atoms. The van der Waals surface area contributed by atoms with Crippen LogP contribution in [0.2, 0.25) is 0 Å². The van der Waals surface area contributed by atoms with Gasteiger partial charge in [-0.2, -0.15) is 0 Å². The first-order chi connectivity index (χ1) is 17.7. The molecule has 1 atom stereocenters. The maximum atomic E-state index is 12.0. The van der Waals surface area contributed by atoms with Gasteiger partial charge in [-0.3, -0.25) is 0 Å². The van der Waals surface area contributed by atoms with Gasteiger partial charge in [0.25, 0.3) is 0 Å². The van der Waals surface area contributed by atoms with Crippen LogP contribution < -0.4 is 21.8 Å². The number of nitroso groups, excluding NO2 is 1. The molecule has 6 nitrogen and oxygen atoms in total. The zero-order valence-corrected chi connectivity index (χ0v) is 22.1. The number of nitrogens with zero attached hydrogens (tertiary/aromatic N) is 4. The molecule has 0 saturated carbocycles. The Morgan fingerprint density at radius 1 is 0.889 bits per heavy atom. The van der Waals surface area contributed by atoms with E-state index in [2.05, 4.69) is 101 Å². The van der Waals surface area contributed by atoms with E-state index in [1.54, 1.807) is 7.11 Å². The average molecular weight is 587 g/mol. The van der Waals surface area contributed by atoms with Crippen molar-refractivity contribution < 1.29 is 26.5 Å². The van der Waals surface area contributed by atoms with Crippen molar-refractivity contribution in [3.63, 3.8) is 0 Å². The number of aryl methyl sites for hydroxylation is 1. The first kappa shape index (κ1) is 22.0. The van der Waals surface area contributed by atoms with Gasteiger partial charge < -0.3 is 0 Å². The first-order valence-corrected chi connectivity index (χ1v) is 13.9. The second-order valence-corrected chi connectivity index (χ2v) is 12.0. The van der Waals surface area contributed by atoms with E-state index in [4.69, 9.17) is 4.74 Å². The van der Waals surface area contributed by atoms with Crippen LogP contribution in [0, 0.1) is 11.8 Å². The zero-order valence-electron chi connectivity index (χ0n) is 20.0. The summed E-state index contributed by atoms with van der Waals surface area (Å²) < 4.78 is 13.2. The van der Waals surface area contributed by atoms with Gasteiger partial charge in [0.15, 0.2) is 0 Å². The fourth-order valence-corrected chi connectivity index (χ4v) is 8.76. The van der Waals surface area contributed by atoms with Crippen molar-refractivity contribution in [1.29, 1.82) is 0 Å².